The molecule has 0 amide bonds. The molecule has 3 aromatic rings. The third-order valence-corrected chi connectivity index (χ3v) is 6.29. The van der Waals surface area contributed by atoms with Gasteiger partial charge in [0, 0.05) is 23.5 Å². The molecule has 0 spiro atoms. The highest BCUT2D eigenvalue weighted by Crippen LogP contribution is 2.44. The van der Waals surface area contributed by atoms with Crippen LogP contribution in [0.3, 0.4) is 0 Å². The first-order valence-electron chi connectivity index (χ1n) is 10.3. The van der Waals surface area contributed by atoms with Crippen molar-refractivity contribution in [1.29, 1.82) is 5.26 Å². The molecule has 0 N–H and O–H groups in total. The summed E-state index contributed by atoms with van der Waals surface area (Å²) in [6.45, 7) is 9.10. The van der Waals surface area contributed by atoms with Crippen molar-refractivity contribution in [3.63, 3.8) is 0 Å². The summed E-state index contributed by atoms with van der Waals surface area (Å²) < 4.78 is 5.37. The van der Waals surface area contributed by atoms with Gasteiger partial charge in [-0.3, -0.25) is 0 Å². The standard InChI is InChI=1S/C25H27N3O/c1-5-28(22-11-9-21(10-12-22)25(16-26)13-6-14-25)23-15-20(8-7-17(23)2)24-18(3)27-29-19(24)4/h7-12,15H,5-6,13-14H2,1-4H3. The van der Waals surface area contributed by atoms with Crippen LogP contribution in [-0.4, -0.2) is 11.7 Å². The second-order valence-corrected chi connectivity index (χ2v) is 8.04. The van der Waals surface area contributed by atoms with Gasteiger partial charge in [-0.1, -0.05) is 29.4 Å². The highest BCUT2D eigenvalue weighted by molar-refractivity contribution is 5.76. The second-order valence-electron chi connectivity index (χ2n) is 8.04. The van der Waals surface area contributed by atoms with Crippen molar-refractivity contribution >= 4 is 11.4 Å². The number of aromatic nitrogens is 1. The molecule has 1 aromatic heterocycles. The van der Waals surface area contributed by atoms with Crippen LogP contribution in [0.4, 0.5) is 11.4 Å². The molecule has 0 atom stereocenters. The zero-order valence-corrected chi connectivity index (χ0v) is 17.6. The predicted octanol–water partition coefficient (Wildman–Crippen LogP) is 6.37. The lowest BCUT2D eigenvalue weighted by Gasteiger charge is -2.36. The number of rotatable bonds is 5. The fourth-order valence-electron chi connectivity index (χ4n) is 4.40. The number of anilines is 2. The van der Waals surface area contributed by atoms with Gasteiger partial charge in [0.2, 0.25) is 0 Å². The number of hydrogen-bond donors (Lipinski definition) is 0. The lowest BCUT2D eigenvalue weighted by molar-refractivity contribution is 0.324. The molecular weight excluding hydrogens is 358 g/mol. The molecule has 1 aliphatic rings. The molecule has 1 fully saturated rings. The van der Waals surface area contributed by atoms with Gasteiger partial charge in [0.15, 0.2) is 0 Å². The van der Waals surface area contributed by atoms with E-state index in [1.165, 1.54) is 11.3 Å². The minimum absolute atomic E-state index is 0.269. The van der Waals surface area contributed by atoms with E-state index >= 15 is 0 Å². The van der Waals surface area contributed by atoms with Crippen molar-refractivity contribution in [2.45, 2.75) is 52.4 Å². The Morgan fingerprint density at radius 1 is 1.10 bits per heavy atom. The van der Waals surface area contributed by atoms with Gasteiger partial charge in [0.05, 0.1) is 17.2 Å². The maximum absolute atomic E-state index is 9.62. The zero-order valence-electron chi connectivity index (χ0n) is 17.6. The molecular formula is C25H27N3O. The minimum Gasteiger partial charge on any atom is -0.361 e. The van der Waals surface area contributed by atoms with Crippen LogP contribution in [0.15, 0.2) is 47.0 Å². The molecule has 4 heteroatoms. The molecule has 0 saturated heterocycles. The van der Waals surface area contributed by atoms with Gasteiger partial charge in [-0.25, -0.2) is 0 Å². The van der Waals surface area contributed by atoms with E-state index in [1.54, 1.807) is 0 Å². The van der Waals surface area contributed by atoms with Crippen LogP contribution >= 0.6 is 0 Å². The highest BCUT2D eigenvalue weighted by Gasteiger charge is 2.38. The molecule has 4 nitrogen and oxygen atoms in total. The van der Waals surface area contributed by atoms with Crippen molar-refractivity contribution in [1.82, 2.24) is 5.16 Å². The van der Waals surface area contributed by atoms with Gasteiger partial charge in [-0.2, -0.15) is 5.26 Å². The molecule has 4 rings (SSSR count). The minimum atomic E-state index is -0.269. The van der Waals surface area contributed by atoms with Crippen LogP contribution in [0.25, 0.3) is 11.1 Å². The summed E-state index contributed by atoms with van der Waals surface area (Å²) in [6, 6.07) is 17.6. The Hall–Kier alpha value is -3.06. The first-order valence-corrected chi connectivity index (χ1v) is 10.3. The van der Waals surface area contributed by atoms with Crippen LogP contribution in [0, 0.1) is 32.1 Å². The van der Waals surface area contributed by atoms with E-state index in [0.717, 1.165) is 59.6 Å². The highest BCUT2D eigenvalue weighted by atomic mass is 16.5. The van der Waals surface area contributed by atoms with E-state index in [0.29, 0.717) is 0 Å². The average Bonchev–Trinajstić information content (AvgIpc) is 3.03. The normalized spacial score (nSPS) is 14.9. The van der Waals surface area contributed by atoms with Crippen LogP contribution in [0.1, 0.15) is 48.8 Å². The Morgan fingerprint density at radius 2 is 1.83 bits per heavy atom. The van der Waals surface area contributed by atoms with Crippen LogP contribution in [-0.2, 0) is 5.41 Å². The van der Waals surface area contributed by atoms with Gasteiger partial charge in [0.25, 0.3) is 0 Å². The molecule has 1 saturated carbocycles. The van der Waals surface area contributed by atoms with Gasteiger partial charge in [0.1, 0.15) is 5.76 Å². The van der Waals surface area contributed by atoms with Crippen LogP contribution in [0.2, 0.25) is 0 Å². The van der Waals surface area contributed by atoms with Gasteiger partial charge in [-0.15, -0.1) is 0 Å². The molecule has 0 unspecified atom stereocenters. The fraction of sp³-hybridized carbons (Fsp3) is 0.360. The summed E-state index contributed by atoms with van der Waals surface area (Å²) in [7, 11) is 0. The van der Waals surface area contributed by atoms with Crippen molar-refractivity contribution < 1.29 is 4.52 Å². The Kier molecular flexibility index (Phi) is 4.92. The Bertz CT molecular complexity index is 1050. The van der Waals surface area contributed by atoms with Gasteiger partial charge < -0.3 is 9.42 Å². The quantitative estimate of drug-likeness (QED) is 0.512. The monoisotopic (exact) mass is 385 g/mol. The zero-order chi connectivity index (χ0) is 20.6. The Balaban J connectivity index is 1.71. The van der Waals surface area contributed by atoms with E-state index in [-0.39, 0.29) is 5.41 Å². The van der Waals surface area contributed by atoms with Crippen molar-refractivity contribution in [2.24, 2.45) is 0 Å². The van der Waals surface area contributed by atoms with Gasteiger partial charge in [-0.05, 0) is 81.8 Å². The topological polar surface area (TPSA) is 53.1 Å². The van der Waals surface area contributed by atoms with Crippen molar-refractivity contribution in [3.8, 4) is 17.2 Å². The summed E-state index contributed by atoms with van der Waals surface area (Å²) in [5.74, 6) is 0.840. The lowest BCUT2D eigenvalue weighted by Crippen LogP contribution is -2.32. The molecule has 29 heavy (non-hydrogen) atoms. The molecule has 0 bridgehead atoms. The summed E-state index contributed by atoms with van der Waals surface area (Å²) in [5.41, 5.74) is 7.51. The lowest BCUT2D eigenvalue weighted by atomic mass is 9.65. The average molecular weight is 386 g/mol. The molecule has 2 aromatic carbocycles. The Morgan fingerprint density at radius 3 is 2.34 bits per heavy atom. The number of nitrogens with zero attached hydrogens (tertiary/aromatic N) is 3. The second kappa shape index (κ2) is 7.40. The number of nitriles is 1. The van der Waals surface area contributed by atoms with E-state index < -0.39 is 0 Å². The van der Waals surface area contributed by atoms with Crippen molar-refractivity contribution in [3.05, 3.63) is 65.0 Å². The summed E-state index contributed by atoms with van der Waals surface area (Å²) in [5, 5.41) is 13.7. The summed E-state index contributed by atoms with van der Waals surface area (Å²) in [4.78, 5) is 2.32. The Labute approximate surface area is 172 Å². The largest absolute Gasteiger partial charge is 0.361 e. The maximum Gasteiger partial charge on any atom is 0.141 e. The van der Waals surface area contributed by atoms with Crippen LogP contribution in [0.5, 0.6) is 0 Å². The van der Waals surface area contributed by atoms with E-state index in [1.807, 2.05) is 13.8 Å². The molecule has 0 aliphatic heterocycles. The van der Waals surface area contributed by atoms with E-state index in [2.05, 4.69) is 72.4 Å². The van der Waals surface area contributed by atoms with Crippen LogP contribution < -0.4 is 4.90 Å². The number of benzene rings is 2. The molecule has 0 radical (unpaired) electrons. The third-order valence-electron chi connectivity index (χ3n) is 6.29. The van der Waals surface area contributed by atoms with Crippen molar-refractivity contribution in [2.75, 3.05) is 11.4 Å². The number of hydrogen-bond acceptors (Lipinski definition) is 4. The molecule has 1 aliphatic carbocycles. The summed E-state index contributed by atoms with van der Waals surface area (Å²) >= 11 is 0. The SMILES string of the molecule is CCN(c1ccc(C2(C#N)CCC2)cc1)c1cc(-c2c(C)noc2C)ccc1C. The molecule has 1 heterocycles. The smallest absolute Gasteiger partial charge is 0.141 e. The maximum atomic E-state index is 9.62. The predicted molar refractivity (Wildman–Crippen MR) is 116 cm³/mol. The van der Waals surface area contributed by atoms with Gasteiger partial charge >= 0.3 is 0 Å². The number of aryl methyl sites for hydroxylation is 3. The van der Waals surface area contributed by atoms with E-state index in [4.69, 9.17) is 4.52 Å². The van der Waals surface area contributed by atoms with E-state index in [9.17, 15) is 5.26 Å². The fourth-order valence-corrected chi connectivity index (χ4v) is 4.40. The summed E-state index contributed by atoms with van der Waals surface area (Å²) in [6.07, 6.45) is 3.09. The third kappa shape index (κ3) is 3.21. The first kappa shape index (κ1) is 19.3. The first-order chi connectivity index (χ1) is 14.0. The molecule has 148 valence electrons.